The van der Waals surface area contributed by atoms with Gasteiger partial charge in [-0.1, -0.05) is 39.8 Å². The summed E-state index contributed by atoms with van der Waals surface area (Å²) >= 11 is 2.12. The number of carbonyl (C=O) groups excluding carboxylic acids is 2. The first-order valence-corrected chi connectivity index (χ1v) is 12.8. The lowest BCUT2D eigenvalue weighted by molar-refractivity contribution is -0.163. The zero-order chi connectivity index (χ0) is 26.9. The van der Waals surface area contributed by atoms with Crippen LogP contribution in [0, 0.1) is 25.7 Å². The average Bonchev–Trinajstić information content (AvgIpc) is 2.75. The molecular formula is C27H33IN4O4. The smallest absolute Gasteiger partial charge is 0.413 e. The van der Waals surface area contributed by atoms with Crippen LogP contribution in [0.5, 0.6) is 11.5 Å². The molecule has 0 saturated heterocycles. The van der Waals surface area contributed by atoms with Crippen molar-refractivity contribution < 1.29 is 19.1 Å². The molecule has 2 aromatic carbocycles. The van der Waals surface area contributed by atoms with Gasteiger partial charge in [-0.05, 0) is 73.7 Å². The second kappa shape index (κ2) is 10.2. The molecule has 2 aromatic rings. The molecule has 36 heavy (non-hydrogen) atoms. The SMILES string of the molecule is CC(C)(C)NC(=O)Oc1ccccc1NC(=O)N[C@H]1C(C)(C)[C@H](Oc2ccc(C#N)c(I)c2)C1(C)C. The summed E-state index contributed by atoms with van der Waals surface area (Å²) in [6.07, 6.45) is -0.772. The van der Waals surface area contributed by atoms with Crippen LogP contribution in [0.2, 0.25) is 0 Å². The van der Waals surface area contributed by atoms with Gasteiger partial charge in [0, 0.05) is 26.0 Å². The molecule has 9 heteroatoms. The lowest BCUT2D eigenvalue weighted by Gasteiger charge is -2.63. The van der Waals surface area contributed by atoms with Crippen molar-refractivity contribution in [2.45, 2.75) is 66.2 Å². The Morgan fingerprint density at radius 3 is 2.28 bits per heavy atom. The second-order valence-corrected chi connectivity index (χ2v) is 12.3. The molecule has 0 unspecified atom stereocenters. The number of anilines is 1. The van der Waals surface area contributed by atoms with Crippen molar-refractivity contribution in [2.24, 2.45) is 10.8 Å². The van der Waals surface area contributed by atoms with Crippen molar-refractivity contribution >= 4 is 40.4 Å². The van der Waals surface area contributed by atoms with Crippen molar-refractivity contribution in [2.75, 3.05) is 5.32 Å². The van der Waals surface area contributed by atoms with Crippen LogP contribution in [0.4, 0.5) is 15.3 Å². The van der Waals surface area contributed by atoms with E-state index in [0.717, 1.165) is 3.57 Å². The number of hydrogen-bond acceptors (Lipinski definition) is 5. The highest BCUT2D eigenvalue weighted by molar-refractivity contribution is 14.1. The van der Waals surface area contributed by atoms with E-state index in [1.807, 2.05) is 26.8 Å². The molecule has 1 fully saturated rings. The van der Waals surface area contributed by atoms with Crippen molar-refractivity contribution in [1.82, 2.24) is 10.6 Å². The van der Waals surface area contributed by atoms with Gasteiger partial charge in [0.05, 0.1) is 11.3 Å². The Kier molecular flexibility index (Phi) is 7.79. The lowest BCUT2D eigenvalue weighted by atomic mass is 9.49. The zero-order valence-corrected chi connectivity index (χ0v) is 23.8. The Bertz CT molecular complexity index is 1180. The summed E-state index contributed by atoms with van der Waals surface area (Å²) in [4.78, 5) is 25.2. The van der Waals surface area contributed by atoms with Crippen LogP contribution in [-0.4, -0.2) is 29.8 Å². The van der Waals surface area contributed by atoms with Gasteiger partial charge in [-0.15, -0.1) is 0 Å². The Morgan fingerprint density at radius 2 is 1.69 bits per heavy atom. The normalized spacial score (nSPS) is 19.8. The number of para-hydroxylation sites is 2. The monoisotopic (exact) mass is 604 g/mol. The molecule has 1 saturated carbocycles. The maximum Gasteiger partial charge on any atom is 0.413 e. The molecule has 1 aliphatic carbocycles. The van der Waals surface area contributed by atoms with Crippen LogP contribution in [0.25, 0.3) is 0 Å². The summed E-state index contributed by atoms with van der Waals surface area (Å²) in [6.45, 7) is 13.8. The van der Waals surface area contributed by atoms with Crippen molar-refractivity contribution in [3.8, 4) is 17.6 Å². The van der Waals surface area contributed by atoms with E-state index >= 15 is 0 Å². The van der Waals surface area contributed by atoms with E-state index in [-0.39, 0.29) is 28.7 Å². The number of carbonyl (C=O) groups is 2. The fourth-order valence-electron chi connectivity index (χ4n) is 4.98. The molecular weight excluding hydrogens is 571 g/mol. The van der Waals surface area contributed by atoms with E-state index < -0.39 is 17.7 Å². The van der Waals surface area contributed by atoms with Gasteiger partial charge in [-0.25, -0.2) is 9.59 Å². The van der Waals surface area contributed by atoms with Crippen LogP contribution >= 0.6 is 22.6 Å². The quantitative estimate of drug-likeness (QED) is 0.360. The number of hydrogen-bond donors (Lipinski definition) is 3. The Balaban J connectivity index is 1.68. The first-order valence-electron chi connectivity index (χ1n) is 11.7. The first kappa shape index (κ1) is 27.6. The molecule has 0 spiro atoms. The van der Waals surface area contributed by atoms with Gasteiger partial charge in [-0.2, -0.15) is 5.26 Å². The number of nitrogens with one attached hydrogen (secondary N) is 3. The van der Waals surface area contributed by atoms with E-state index in [9.17, 15) is 14.9 Å². The molecule has 8 nitrogen and oxygen atoms in total. The molecule has 3 amide bonds. The standard InChI is InChI=1S/C27H33IN4O4/c1-25(2,3)32-24(34)36-20-11-9-8-10-19(20)30-23(33)31-21-26(4,5)22(27(21,6)7)35-17-13-12-16(15-29)18(28)14-17/h8-14,21-22H,1-7H3,(H,32,34)(H2,30,31,33)/t21-,22-. The molecule has 0 bridgehead atoms. The number of ether oxygens (including phenoxy) is 2. The minimum atomic E-state index is -0.601. The lowest BCUT2D eigenvalue weighted by Crippen LogP contribution is -2.75. The van der Waals surface area contributed by atoms with Gasteiger partial charge in [-0.3, -0.25) is 0 Å². The van der Waals surface area contributed by atoms with Crippen LogP contribution in [0.3, 0.4) is 0 Å². The Hall–Kier alpha value is -3.00. The van der Waals surface area contributed by atoms with Crippen LogP contribution in [0.15, 0.2) is 42.5 Å². The van der Waals surface area contributed by atoms with Gasteiger partial charge in [0.1, 0.15) is 17.9 Å². The van der Waals surface area contributed by atoms with Crippen LogP contribution in [-0.2, 0) is 0 Å². The number of benzene rings is 2. The number of urea groups is 1. The summed E-state index contributed by atoms with van der Waals surface area (Å²) in [5, 5.41) is 17.8. The third kappa shape index (κ3) is 6.03. The Morgan fingerprint density at radius 1 is 1.06 bits per heavy atom. The summed E-state index contributed by atoms with van der Waals surface area (Å²) < 4.78 is 12.6. The molecule has 3 rings (SSSR count). The third-order valence-electron chi connectivity index (χ3n) is 6.24. The molecule has 1 aliphatic rings. The van der Waals surface area contributed by atoms with Crippen LogP contribution < -0.4 is 25.4 Å². The molecule has 3 N–H and O–H groups in total. The van der Waals surface area contributed by atoms with E-state index in [2.05, 4.69) is 72.3 Å². The molecule has 0 aromatic heterocycles. The minimum Gasteiger partial charge on any atom is -0.489 e. The summed E-state index contributed by atoms with van der Waals surface area (Å²) in [5.41, 5.74) is -0.210. The maximum atomic E-state index is 13.0. The highest BCUT2D eigenvalue weighted by Gasteiger charge is 2.64. The van der Waals surface area contributed by atoms with Gasteiger partial charge >= 0.3 is 12.1 Å². The molecule has 192 valence electrons. The average molecular weight is 604 g/mol. The first-order chi connectivity index (χ1) is 16.6. The number of nitrogens with zero attached hydrogens (tertiary/aromatic N) is 1. The van der Waals surface area contributed by atoms with Gasteiger partial charge in [0.2, 0.25) is 0 Å². The number of rotatable bonds is 5. The van der Waals surface area contributed by atoms with Crippen LogP contribution in [0.1, 0.15) is 54.0 Å². The molecule has 0 aliphatic heterocycles. The summed E-state index contributed by atoms with van der Waals surface area (Å²) in [6, 6.07) is 13.8. The molecule has 0 atom stereocenters. The number of halogens is 1. The van der Waals surface area contributed by atoms with Crippen molar-refractivity contribution in [3.63, 3.8) is 0 Å². The van der Waals surface area contributed by atoms with Crippen molar-refractivity contribution in [3.05, 3.63) is 51.6 Å². The fraction of sp³-hybridized carbons (Fsp3) is 0.444. The highest BCUT2D eigenvalue weighted by Crippen LogP contribution is 2.55. The predicted molar refractivity (Wildman–Crippen MR) is 147 cm³/mol. The summed E-state index contributed by atoms with van der Waals surface area (Å²) in [5.74, 6) is 0.935. The van der Waals surface area contributed by atoms with E-state index in [1.165, 1.54) is 0 Å². The Labute approximate surface area is 226 Å². The minimum absolute atomic E-state index is 0.171. The third-order valence-corrected chi connectivity index (χ3v) is 7.14. The van der Waals surface area contributed by atoms with Gasteiger partial charge < -0.3 is 25.4 Å². The molecule has 0 radical (unpaired) electrons. The van der Waals surface area contributed by atoms with Gasteiger partial charge in [0.15, 0.2) is 5.75 Å². The predicted octanol–water partition coefficient (Wildman–Crippen LogP) is 6.05. The zero-order valence-electron chi connectivity index (χ0n) is 21.7. The summed E-state index contributed by atoms with van der Waals surface area (Å²) in [7, 11) is 0. The topological polar surface area (TPSA) is 112 Å². The van der Waals surface area contributed by atoms with E-state index in [4.69, 9.17) is 9.47 Å². The number of amides is 3. The number of nitriles is 1. The van der Waals surface area contributed by atoms with E-state index in [1.54, 1.807) is 36.4 Å². The maximum absolute atomic E-state index is 13.0. The molecule has 0 heterocycles. The van der Waals surface area contributed by atoms with Crippen molar-refractivity contribution in [1.29, 1.82) is 5.26 Å². The van der Waals surface area contributed by atoms with E-state index in [0.29, 0.717) is 17.0 Å². The fourth-order valence-corrected chi connectivity index (χ4v) is 5.58. The second-order valence-electron chi connectivity index (χ2n) is 11.2. The highest BCUT2D eigenvalue weighted by atomic mass is 127. The van der Waals surface area contributed by atoms with Gasteiger partial charge in [0.25, 0.3) is 0 Å². The largest absolute Gasteiger partial charge is 0.489 e.